The lowest BCUT2D eigenvalue weighted by molar-refractivity contribution is 0.102. The van der Waals surface area contributed by atoms with Crippen LogP contribution in [0.15, 0.2) is 42.5 Å². The van der Waals surface area contributed by atoms with Crippen LogP contribution in [0.3, 0.4) is 0 Å². The van der Waals surface area contributed by atoms with Gasteiger partial charge in [0.25, 0.3) is 5.91 Å². The molecule has 0 saturated heterocycles. The van der Waals surface area contributed by atoms with Gasteiger partial charge in [0, 0.05) is 11.7 Å². The van der Waals surface area contributed by atoms with Crippen LogP contribution in [0.2, 0.25) is 0 Å². The fraction of sp³-hybridized carbons (Fsp3) is 0.176. The predicted octanol–water partition coefficient (Wildman–Crippen LogP) is 3.57. The third-order valence-corrected chi connectivity index (χ3v) is 3.26. The van der Waals surface area contributed by atoms with Crippen molar-refractivity contribution in [1.82, 2.24) is 5.32 Å². The molecule has 118 valence electrons. The molecule has 0 bridgehead atoms. The molecule has 2 aromatic carbocycles. The molecule has 0 atom stereocenters. The Bertz CT molecular complexity index is 771. The number of carbonyl (C=O) groups excluding carboxylic acids is 2. The molecular formula is C17H17N3O3. The lowest BCUT2D eigenvalue weighted by Gasteiger charge is -2.12. The number of nitrogens with one attached hydrogen (secondary N) is 3. The normalized spacial score (nSPS) is 12.4. The summed E-state index contributed by atoms with van der Waals surface area (Å²) >= 11 is 0. The van der Waals surface area contributed by atoms with Crippen molar-refractivity contribution >= 4 is 23.3 Å². The van der Waals surface area contributed by atoms with E-state index in [0.717, 1.165) is 0 Å². The number of para-hydroxylation sites is 2. The summed E-state index contributed by atoms with van der Waals surface area (Å²) in [4.78, 5) is 24.1. The van der Waals surface area contributed by atoms with Gasteiger partial charge >= 0.3 is 6.03 Å². The van der Waals surface area contributed by atoms with Gasteiger partial charge in [-0.1, -0.05) is 12.1 Å². The average molecular weight is 311 g/mol. The van der Waals surface area contributed by atoms with E-state index in [2.05, 4.69) is 16.0 Å². The van der Waals surface area contributed by atoms with Crippen molar-refractivity contribution < 1.29 is 14.3 Å². The van der Waals surface area contributed by atoms with Crippen LogP contribution in [-0.2, 0) is 0 Å². The first-order valence-electron chi connectivity index (χ1n) is 7.33. The molecular weight excluding hydrogens is 294 g/mol. The van der Waals surface area contributed by atoms with Crippen LogP contribution in [0, 0.1) is 0 Å². The van der Waals surface area contributed by atoms with E-state index in [-0.39, 0.29) is 18.0 Å². The molecule has 0 unspecified atom stereocenters. The van der Waals surface area contributed by atoms with Gasteiger partial charge in [-0.15, -0.1) is 0 Å². The van der Waals surface area contributed by atoms with Crippen molar-refractivity contribution in [2.45, 2.75) is 19.9 Å². The molecule has 0 aliphatic carbocycles. The Kier molecular flexibility index (Phi) is 3.89. The lowest BCUT2D eigenvalue weighted by atomic mass is 10.1. The van der Waals surface area contributed by atoms with Gasteiger partial charge in [-0.2, -0.15) is 0 Å². The Balaban J connectivity index is 1.88. The Labute approximate surface area is 133 Å². The Morgan fingerprint density at radius 3 is 2.70 bits per heavy atom. The van der Waals surface area contributed by atoms with Gasteiger partial charge in [0.05, 0.1) is 11.3 Å². The molecule has 6 nitrogen and oxygen atoms in total. The number of urea groups is 1. The first-order valence-corrected chi connectivity index (χ1v) is 7.33. The fourth-order valence-corrected chi connectivity index (χ4v) is 2.27. The van der Waals surface area contributed by atoms with Gasteiger partial charge in [0.15, 0.2) is 5.75 Å². The van der Waals surface area contributed by atoms with Crippen LogP contribution in [0.1, 0.15) is 24.2 Å². The Morgan fingerprint density at radius 1 is 1.13 bits per heavy atom. The second kappa shape index (κ2) is 6.00. The van der Waals surface area contributed by atoms with Crippen LogP contribution in [0.4, 0.5) is 16.2 Å². The minimum atomic E-state index is -0.321. The maximum absolute atomic E-state index is 12.4. The van der Waals surface area contributed by atoms with Crippen LogP contribution >= 0.6 is 0 Å². The van der Waals surface area contributed by atoms with E-state index in [9.17, 15) is 9.59 Å². The largest absolute Gasteiger partial charge is 0.454 e. The number of fused-ring (bicyclic) bond motifs is 2. The van der Waals surface area contributed by atoms with Gasteiger partial charge < -0.3 is 20.7 Å². The summed E-state index contributed by atoms with van der Waals surface area (Å²) in [5.74, 6) is 0.748. The summed E-state index contributed by atoms with van der Waals surface area (Å²) < 4.78 is 5.79. The van der Waals surface area contributed by atoms with Crippen molar-refractivity contribution in [2.75, 3.05) is 10.6 Å². The number of carbonyl (C=O) groups is 2. The standard InChI is InChI=1S/C17H17N3O3/c1-10(2)18-17(22)19-11-7-8-14-12(9-11)16(21)20-13-5-3-4-6-15(13)23-14/h3-10H,1-2H3,(H,20,21)(H2,18,19,22). The van der Waals surface area contributed by atoms with E-state index in [4.69, 9.17) is 4.74 Å². The van der Waals surface area contributed by atoms with Crippen LogP contribution in [0.25, 0.3) is 0 Å². The minimum absolute atomic E-state index is 0.0250. The molecule has 3 N–H and O–H groups in total. The van der Waals surface area contributed by atoms with Gasteiger partial charge in [0.1, 0.15) is 5.75 Å². The number of benzene rings is 2. The molecule has 3 rings (SSSR count). The maximum Gasteiger partial charge on any atom is 0.319 e. The second-order valence-corrected chi connectivity index (χ2v) is 5.52. The minimum Gasteiger partial charge on any atom is -0.454 e. The number of ether oxygens (including phenoxy) is 1. The summed E-state index contributed by atoms with van der Waals surface area (Å²) in [5, 5.41) is 8.23. The van der Waals surface area contributed by atoms with Gasteiger partial charge in [0.2, 0.25) is 0 Å². The summed E-state index contributed by atoms with van der Waals surface area (Å²) in [6.07, 6.45) is 0. The smallest absolute Gasteiger partial charge is 0.319 e. The first kappa shape index (κ1) is 14.9. The molecule has 1 aliphatic rings. The maximum atomic E-state index is 12.4. The highest BCUT2D eigenvalue weighted by Gasteiger charge is 2.21. The number of hydrogen-bond donors (Lipinski definition) is 3. The second-order valence-electron chi connectivity index (χ2n) is 5.52. The third-order valence-electron chi connectivity index (χ3n) is 3.26. The molecule has 2 aromatic rings. The topological polar surface area (TPSA) is 79.5 Å². The highest BCUT2D eigenvalue weighted by molar-refractivity contribution is 6.08. The van der Waals surface area contributed by atoms with E-state index in [1.807, 2.05) is 26.0 Å². The summed E-state index contributed by atoms with van der Waals surface area (Å²) in [7, 11) is 0. The zero-order valence-corrected chi connectivity index (χ0v) is 12.8. The van der Waals surface area contributed by atoms with Crippen molar-refractivity contribution in [3.05, 3.63) is 48.0 Å². The molecule has 0 radical (unpaired) electrons. The van der Waals surface area contributed by atoms with Gasteiger partial charge in [-0.05, 0) is 44.2 Å². The first-order chi connectivity index (χ1) is 11.0. The SMILES string of the molecule is CC(C)NC(=O)Nc1ccc2c(c1)C(=O)Nc1ccccc1O2. The summed E-state index contributed by atoms with van der Waals surface area (Å²) in [5.41, 5.74) is 1.50. The molecule has 1 heterocycles. The molecule has 23 heavy (non-hydrogen) atoms. The van der Waals surface area contributed by atoms with Crippen molar-refractivity contribution in [3.63, 3.8) is 0 Å². The third kappa shape index (κ3) is 3.26. The molecule has 0 spiro atoms. The fourth-order valence-electron chi connectivity index (χ4n) is 2.27. The number of anilines is 2. The van der Waals surface area contributed by atoms with E-state index in [1.54, 1.807) is 30.3 Å². The lowest BCUT2D eigenvalue weighted by Crippen LogP contribution is -2.34. The van der Waals surface area contributed by atoms with Crippen molar-refractivity contribution in [1.29, 1.82) is 0 Å². The van der Waals surface area contributed by atoms with E-state index in [1.165, 1.54) is 0 Å². The van der Waals surface area contributed by atoms with E-state index >= 15 is 0 Å². The molecule has 1 aliphatic heterocycles. The van der Waals surface area contributed by atoms with Crippen LogP contribution < -0.4 is 20.7 Å². The molecule has 0 fully saturated rings. The van der Waals surface area contributed by atoms with Crippen LogP contribution in [-0.4, -0.2) is 18.0 Å². The Morgan fingerprint density at radius 2 is 1.91 bits per heavy atom. The quantitative estimate of drug-likeness (QED) is 0.793. The monoisotopic (exact) mass is 311 g/mol. The van der Waals surface area contributed by atoms with E-state index < -0.39 is 0 Å². The Hall–Kier alpha value is -3.02. The van der Waals surface area contributed by atoms with Crippen LogP contribution in [0.5, 0.6) is 11.5 Å². The zero-order chi connectivity index (χ0) is 16.4. The average Bonchev–Trinajstić information content (AvgIpc) is 2.62. The van der Waals surface area contributed by atoms with Gasteiger partial charge in [-0.3, -0.25) is 4.79 Å². The molecule has 0 saturated carbocycles. The zero-order valence-electron chi connectivity index (χ0n) is 12.8. The highest BCUT2D eigenvalue weighted by Crippen LogP contribution is 2.36. The molecule has 0 aromatic heterocycles. The van der Waals surface area contributed by atoms with E-state index in [0.29, 0.717) is 28.4 Å². The van der Waals surface area contributed by atoms with Gasteiger partial charge in [-0.25, -0.2) is 4.79 Å². The summed E-state index contributed by atoms with van der Waals surface area (Å²) in [6, 6.07) is 11.9. The number of hydrogen-bond acceptors (Lipinski definition) is 3. The number of rotatable bonds is 2. The van der Waals surface area contributed by atoms with Crippen molar-refractivity contribution in [3.8, 4) is 11.5 Å². The molecule has 3 amide bonds. The number of amides is 3. The highest BCUT2D eigenvalue weighted by atomic mass is 16.5. The summed E-state index contributed by atoms with van der Waals surface area (Å²) in [6.45, 7) is 3.74. The predicted molar refractivity (Wildman–Crippen MR) is 88.2 cm³/mol. The molecule has 6 heteroatoms. The van der Waals surface area contributed by atoms with Crippen molar-refractivity contribution in [2.24, 2.45) is 0 Å².